The Labute approximate surface area is 183 Å². The van der Waals surface area contributed by atoms with Crippen LogP contribution in [0.4, 0.5) is 5.69 Å². The van der Waals surface area contributed by atoms with E-state index in [0.717, 1.165) is 10.4 Å². The summed E-state index contributed by atoms with van der Waals surface area (Å²) in [7, 11) is -1.82. The summed E-state index contributed by atoms with van der Waals surface area (Å²) in [5, 5.41) is 12.6. The van der Waals surface area contributed by atoms with Crippen LogP contribution in [0.5, 0.6) is 0 Å². The van der Waals surface area contributed by atoms with Gasteiger partial charge in [-0.1, -0.05) is 18.2 Å². The molecule has 2 aromatic carbocycles. The zero-order valence-corrected chi connectivity index (χ0v) is 18.2. The van der Waals surface area contributed by atoms with E-state index >= 15 is 0 Å². The van der Waals surface area contributed by atoms with Crippen molar-refractivity contribution < 1.29 is 13.2 Å². The van der Waals surface area contributed by atoms with Crippen LogP contribution in [0.2, 0.25) is 0 Å². The van der Waals surface area contributed by atoms with Crippen LogP contribution in [0.15, 0.2) is 77.3 Å². The highest BCUT2D eigenvalue weighted by Gasteiger charge is 2.15. The number of carbonyl (C=O) groups is 1. The van der Waals surface area contributed by atoms with Crippen molar-refractivity contribution in [1.82, 2.24) is 19.5 Å². The Morgan fingerprint density at radius 2 is 1.90 bits per heavy atom. The van der Waals surface area contributed by atoms with Gasteiger partial charge in [-0.2, -0.15) is 0 Å². The summed E-state index contributed by atoms with van der Waals surface area (Å²) in [4.78, 5) is 13.6. The fourth-order valence-electron chi connectivity index (χ4n) is 2.93. The maximum absolute atomic E-state index is 12.6. The molecule has 0 atom stereocenters. The number of amides is 1. The molecule has 0 unspecified atom stereocenters. The maximum Gasteiger partial charge on any atom is 0.255 e. The van der Waals surface area contributed by atoms with Crippen LogP contribution in [-0.4, -0.2) is 29.1 Å². The second kappa shape index (κ2) is 8.80. The van der Waals surface area contributed by atoms with Crippen molar-refractivity contribution in [3.63, 3.8) is 0 Å². The molecule has 2 heterocycles. The van der Waals surface area contributed by atoms with Gasteiger partial charge in [0.15, 0.2) is 5.82 Å². The van der Waals surface area contributed by atoms with Crippen LogP contribution in [0.1, 0.15) is 15.2 Å². The zero-order chi connectivity index (χ0) is 21.8. The summed E-state index contributed by atoms with van der Waals surface area (Å²) in [5.41, 5.74) is 1.76. The van der Waals surface area contributed by atoms with Crippen molar-refractivity contribution in [2.75, 3.05) is 5.32 Å². The molecule has 0 aliphatic carbocycles. The number of hydrogen-bond donors (Lipinski definition) is 2. The van der Waals surface area contributed by atoms with Crippen molar-refractivity contribution >= 4 is 33.0 Å². The van der Waals surface area contributed by atoms with Crippen LogP contribution >= 0.6 is 11.3 Å². The molecule has 1 amide bonds. The number of aromatic nitrogens is 3. The second-order valence-electron chi connectivity index (χ2n) is 6.73. The van der Waals surface area contributed by atoms with E-state index in [2.05, 4.69) is 20.2 Å². The molecule has 10 heteroatoms. The molecular formula is C21H19N5O3S2. The normalized spacial score (nSPS) is 11.4. The van der Waals surface area contributed by atoms with Crippen molar-refractivity contribution in [2.45, 2.75) is 11.4 Å². The molecular weight excluding hydrogens is 434 g/mol. The molecule has 8 nitrogen and oxygen atoms in total. The third-order valence-corrected chi connectivity index (χ3v) is 6.83. The number of carbonyl (C=O) groups excluding carboxylic acids is 1. The topological polar surface area (TPSA) is 106 Å². The number of nitrogens with one attached hydrogen (secondary N) is 2. The van der Waals surface area contributed by atoms with Gasteiger partial charge in [0.2, 0.25) is 10.0 Å². The Hall–Kier alpha value is -3.34. The Morgan fingerprint density at radius 3 is 2.58 bits per heavy atom. The lowest BCUT2D eigenvalue weighted by atomic mass is 10.1. The Morgan fingerprint density at radius 1 is 1.10 bits per heavy atom. The first-order valence-corrected chi connectivity index (χ1v) is 11.7. The lowest BCUT2D eigenvalue weighted by Gasteiger charge is -2.09. The Kier molecular flexibility index (Phi) is 5.94. The molecule has 0 aliphatic heterocycles. The van der Waals surface area contributed by atoms with Crippen LogP contribution in [0.3, 0.4) is 0 Å². The van der Waals surface area contributed by atoms with Gasteiger partial charge in [0.1, 0.15) is 6.33 Å². The average molecular weight is 454 g/mol. The third kappa shape index (κ3) is 4.88. The van der Waals surface area contributed by atoms with Gasteiger partial charge in [-0.25, -0.2) is 13.1 Å². The molecule has 0 saturated heterocycles. The first-order chi connectivity index (χ1) is 14.9. The van der Waals surface area contributed by atoms with E-state index < -0.39 is 10.0 Å². The number of sulfonamides is 1. The highest BCUT2D eigenvalue weighted by Crippen LogP contribution is 2.21. The predicted molar refractivity (Wildman–Crippen MR) is 119 cm³/mol. The van der Waals surface area contributed by atoms with Gasteiger partial charge in [0.05, 0.1) is 4.90 Å². The molecule has 0 saturated carbocycles. The summed E-state index contributed by atoms with van der Waals surface area (Å²) in [6, 6.07) is 16.8. The minimum absolute atomic E-state index is 0.102. The summed E-state index contributed by atoms with van der Waals surface area (Å²) in [6.07, 6.45) is 1.60. The number of thiophene rings is 1. The molecule has 2 N–H and O–H groups in total. The number of hydrogen-bond acceptors (Lipinski definition) is 6. The van der Waals surface area contributed by atoms with Gasteiger partial charge in [0.25, 0.3) is 5.91 Å². The highest BCUT2D eigenvalue weighted by atomic mass is 32.2. The monoisotopic (exact) mass is 453 g/mol. The average Bonchev–Trinajstić information content (AvgIpc) is 3.44. The first-order valence-electron chi connectivity index (χ1n) is 9.30. The summed E-state index contributed by atoms with van der Waals surface area (Å²) in [5.74, 6) is 0.339. The van der Waals surface area contributed by atoms with Gasteiger partial charge in [0, 0.05) is 35.3 Å². The van der Waals surface area contributed by atoms with E-state index in [0.29, 0.717) is 17.1 Å². The molecule has 0 aliphatic rings. The third-order valence-electron chi connectivity index (χ3n) is 4.53. The number of nitrogens with zero attached hydrogens (tertiary/aromatic N) is 3. The lowest BCUT2D eigenvalue weighted by Crippen LogP contribution is -2.23. The number of rotatable bonds is 7. The fourth-order valence-corrected chi connectivity index (χ4v) is 4.67. The lowest BCUT2D eigenvalue weighted by molar-refractivity contribution is 0.102. The van der Waals surface area contributed by atoms with E-state index in [1.54, 1.807) is 23.0 Å². The SMILES string of the molecule is Cn1cnnc1-c1cccc(NC(=O)c2ccc(S(=O)(=O)NCc3cccs3)cc2)c1. The second-order valence-corrected chi connectivity index (χ2v) is 9.53. The van der Waals surface area contributed by atoms with Gasteiger partial charge >= 0.3 is 0 Å². The smallest absolute Gasteiger partial charge is 0.255 e. The van der Waals surface area contributed by atoms with Crippen LogP contribution in [-0.2, 0) is 23.6 Å². The van der Waals surface area contributed by atoms with Crippen molar-refractivity contribution in [1.29, 1.82) is 0 Å². The van der Waals surface area contributed by atoms with E-state index in [4.69, 9.17) is 0 Å². The number of anilines is 1. The fraction of sp³-hybridized carbons (Fsp3) is 0.0952. The molecule has 0 bridgehead atoms. The molecule has 2 aromatic heterocycles. The molecule has 158 valence electrons. The molecule has 31 heavy (non-hydrogen) atoms. The van der Waals surface area contributed by atoms with E-state index in [1.807, 2.05) is 36.7 Å². The van der Waals surface area contributed by atoms with Crippen LogP contribution in [0, 0.1) is 0 Å². The van der Waals surface area contributed by atoms with E-state index in [-0.39, 0.29) is 17.3 Å². The Bertz CT molecular complexity index is 1300. The van der Waals surface area contributed by atoms with Crippen molar-refractivity contribution in [3.05, 3.63) is 82.8 Å². The predicted octanol–water partition coefficient (Wildman–Crippen LogP) is 3.27. The largest absolute Gasteiger partial charge is 0.322 e. The van der Waals surface area contributed by atoms with E-state index in [1.165, 1.54) is 35.6 Å². The number of aryl methyl sites for hydroxylation is 1. The summed E-state index contributed by atoms with van der Waals surface area (Å²) >= 11 is 1.48. The Balaban J connectivity index is 1.44. The maximum atomic E-state index is 12.6. The molecule has 4 aromatic rings. The van der Waals surface area contributed by atoms with Crippen molar-refractivity contribution in [3.8, 4) is 11.4 Å². The minimum Gasteiger partial charge on any atom is -0.322 e. The first kappa shape index (κ1) is 20.9. The van der Waals surface area contributed by atoms with Crippen molar-refractivity contribution in [2.24, 2.45) is 7.05 Å². The standard InChI is InChI=1S/C21H19N5O3S2/c1-26-14-22-25-20(26)16-4-2-5-17(12-16)24-21(27)15-7-9-19(10-8-15)31(28,29)23-13-18-6-3-11-30-18/h2-12,14,23H,13H2,1H3,(H,24,27). The highest BCUT2D eigenvalue weighted by molar-refractivity contribution is 7.89. The molecule has 0 spiro atoms. The van der Waals surface area contributed by atoms with Gasteiger partial charge in [-0.05, 0) is 47.8 Å². The van der Waals surface area contributed by atoms with Gasteiger partial charge in [-0.15, -0.1) is 21.5 Å². The zero-order valence-electron chi connectivity index (χ0n) is 16.5. The van der Waals surface area contributed by atoms with E-state index in [9.17, 15) is 13.2 Å². The molecule has 0 radical (unpaired) electrons. The summed E-state index contributed by atoms with van der Waals surface area (Å²) in [6.45, 7) is 0.226. The van der Waals surface area contributed by atoms with Gasteiger partial charge < -0.3 is 9.88 Å². The molecule has 4 rings (SSSR count). The summed E-state index contributed by atoms with van der Waals surface area (Å²) < 4.78 is 29.3. The van der Waals surface area contributed by atoms with Gasteiger partial charge in [-0.3, -0.25) is 4.79 Å². The quantitative estimate of drug-likeness (QED) is 0.447. The molecule has 0 fully saturated rings. The number of benzene rings is 2. The van der Waals surface area contributed by atoms with Crippen LogP contribution < -0.4 is 10.0 Å². The minimum atomic E-state index is -3.66. The van der Waals surface area contributed by atoms with Crippen LogP contribution in [0.25, 0.3) is 11.4 Å².